The number of methoxy groups -OCH3 is 1. The van der Waals surface area contributed by atoms with Crippen molar-refractivity contribution in [3.63, 3.8) is 0 Å². The van der Waals surface area contributed by atoms with Gasteiger partial charge in [0.2, 0.25) is 5.91 Å². The van der Waals surface area contributed by atoms with Gasteiger partial charge in [0.05, 0.1) is 13.2 Å². The van der Waals surface area contributed by atoms with Crippen LogP contribution in [0.1, 0.15) is 31.0 Å². The van der Waals surface area contributed by atoms with Crippen molar-refractivity contribution in [1.29, 1.82) is 0 Å². The molecule has 2 aromatic carbocycles. The van der Waals surface area contributed by atoms with Crippen LogP contribution in [-0.4, -0.2) is 19.1 Å². The standard InChI is InChI=1S/C19H23ClN2O2/c1-12-8-9-18(24-4)17(10-12)13(2)21-14(3)19(23)22-16-7-5-6-15(20)11-16/h5-11,13-14,21H,1-4H3,(H,22,23). The van der Waals surface area contributed by atoms with E-state index in [1.807, 2.05) is 39.0 Å². The lowest BCUT2D eigenvalue weighted by molar-refractivity contribution is -0.117. The number of halogens is 1. The third-order valence-electron chi connectivity index (χ3n) is 3.84. The van der Waals surface area contributed by atoms with Gasteiger partial charge in [-0.15, -0.1) is 0 Å². The van der Waals surface area contributed by atoms with Gasteiger partial charge in [0.1, 0.15) is 5.75 Å². The molecule has 0 radical (unpaired) electrons. The second-order valence-electron chi connectivity index (χ2n) is 5.86. The highest BCUT2D eigenvalue weighted by Crippen LogP contribution is 2.26. The molecule has 4 nitrogen and oxygen atoms in total. The number of anilines is 1. The molecule has 0 bridgehead atoms. The van der Waals surface area contributed by atoms with Gasteiger partial charge in [0, 0.05) is 22.3 Å². The number of hydrogen-bond donors (Lipinski definition) is 2. The van der Waals surface area contributed by atoms with Crippen molar-refractivity contribution in [2.75, 3.05) is 12.4 Å². The number of carbonyl (C=O) groups excluding carboxylic acids is 1. The van der Waals surface area contributed by atoms with E-state index in [4.69, 9.17) is 16.3 Å². The fourth-order valence-corrected chi connectivity index (χ4v) is 2.74. The summed E-state index contributed by atoms with van der Waals surface area (Å²) in [4.78, 5) is 12.4. The molecule has 0 heterocycles. The van der Waals surface area contributed by atoms with Crippen LogP contribution >= 0.6 is 11.6 Å². The topological polar surface area (TPSA) is 50.4 Å². The first-order chi connectivity index (χ1) is 11.4. The molecule has 2 unspecified atom stereocenters. The molecule has 0 saturated heterocycles. The number of benzene rings is 2. The van der Waals surface area contributed by atoms with Crippen LogP contribution in [0.3, 0.4) is 0 Å². The van der Waals surface area contributed by atoms with E-state index in [1.165, 1.54) is 0 Å². The molecule has 0 aliphatic heterocycles. The third kappa shape index (κ3) is 4.73. The Labute approximate surface area is 148 Å². The van der Waals surface area contributed by atoms with Crippen LogP contribution in [0.4, 0.5) is 5.69 Å². The summed E-state index contributed by atoms with van der Waals surface area (Å²) in [6.45, 7) is 5.88. The monoisotopic (exact) mass is 346 g/mol. The van der Waals surface area contributed by atoms with Crippen molar-refractivity contribution in [2.45, 2.75) is 32.9 Å². The van der Waals surface area contributed by atoms with E-state index in [0.29, 0.717) is 10.7 Å². The molecule has 2 rings (SSSR count). The molecule has 0 fully saturated rings. The Morgan fingerprint density at radius 2 is 1.92 bits per heavy atom. The molecule has 0 saturated carbocycles. The zero-order valence-corrected chi connectivity index (χ0v) is 15.1. The molecule has 2 N–H and O–H groups in total. The minimum absolute atomic E-state index is 0.0278. The van der Waals surface area contributed by atoms with Crippen LogP contribution in [0.15, 0.2) is 42.5 Å². The van der Waals surface area contributed by atoms with Crippen LogP contribution in [0.25, 0.3) is 0 Å². The summed E-state index contributed by atoms with van der Waals surface area (Å²) in [5, 5.41) is 6.76. The van der Waals surface area contributed by atoms with E-state index >= 15 is 0 Å². The number of aryl methyl sites for hydroxylation is 1. The zero-order valence-electron chi connectivity index (χ0n) is 14.4. The van der Waals surface area contributed by atoms with Gasteiger partial charge in [-0.1, -0.05) is 35.4 Å². The molecule has 24 heavy (non-hydrogen) atoms. The average molecular weight is 347 g/mol. The summed E-state index contributed by atoms with van der Waals surface area (Å²) in [6.07, 6.45) is 0. The summed E-state index contributed by atoms with van der Waals surface area (Å²) < 4.78 is 5.42. The summed E-state index contributed by atoms with van der Waals surface area (Å²) in [5.41, 5.74) is 2.86. The Bertz CT molecular complexity index is 718. The summed E-state index contributed by atoms with van der Waals surface area (Å²) >= 11 is 5.94. The number of rotatable bonds is 6. The lowest BCUT2D eigenvalue weighted by Crippen LogP contribution is -2.39. The second-order valence-corrected chi connectivity index (χ2v) is 6.29. The quantitative estimate of drug-likeness (QED) is 0.818. The minimum Gasteiger partial charge on any atom is -0.496 e. The SMILES string of the molecule is COc1ccc(C)cc1C(C)NC(C)C(=O)Nc1cccc(Cl)c1. The van der Waals surface area contributed by atoms with E-state index in [2.05, 4.69) is 16.7 Å². The molecular weight excluding hydrogens is 324 g/mol. The maximum absolute atomic E-state index is 12.4. The Morgan fingerprint density at radius 1 is 1.17 bits per heavy atom. The van der Waals surface area contributed by atoms with E-state index < -0.39 is 0 Å². The van der Waals surface area contributed by atoms with Crippen molar-refractivity contribution in [3.05, 3.63) is 58.6 Å². The Morgan fingerprint density at radius 3 is 2.58 bits per heavy atom. The number of hydrogen-bond acceptors (Lipinski definition) is 3. The van der Waals surface area contributed by atoms with Crippen molar-refractivity contribution in [1.82, 2.24) is 5.32 Å². The predicted molar refractivity (Wildman–Crippen MR) is 98.8 cm³/mol. The van der Waals surface area contributed by atoms with Crippen molar-refractivity contribution < 1.29 is 9.53 Å². The number of amides is 1. The zero-order chi connectivity index (χ0) is 17.7. The third-order valence-corrected chi connectivity index (χ3v) is 4.07. The molecule has 128 valence electrons. The van der Waals surface area contributed by atoms with E-state index in [9.17, 15) is 4.79 Å². The summed E-state index contributed by atoms with van der Waals surface area (Å²) in [5.74, 6) is 0.693. The van der Waals surface area contributed by atoms with E-state index in [0.717, 1.165) is 16.9 Å². The van der Waals surface area contributed by atoms with Crippen LogP contribution in [0.2, 0.25) is 5.02 Å². The van der Waals surface area contributed by atoms with Gasteiger partial charge in [-0.3, -0.25) is 10.1 Å². The molecular formula is C19H23ClN2O2. The molecule has 0 aliphatic carbocycles. The first-order valence-electron chi connectivity index (χ1n) is 7.87. The molecule has 0 spiro atoms. The number of nitrogens with one attached hydrogen (secondary N) is 2. The first kappa shape index (κ1) is 18.3. The Kier molecular flexibility index (Phi) is 6.23. The summed E-state index contributed by atoms with van der Waals surface area (Å²) in [7, 11) is 1.65. The number of ether oxygens (including phenoxy) is 1. The van der Waals surface area contributed by atoms with Crippen molar-refractivity contribution in [3.8, 4) is 5.75 Å². The highest BCUT2D eigenvalue weighted by molar-refractivity contribution is 6.30. The highest BCUT2D eigenvalue weighted by Gasteiger charge is 2.19. The Balaban J connectivity index is 2.04. The van der Waals surface area contributed by atoms with Gasteiger partial charge < -0.3 is 10.1 Å². The van der Waals surface area contributed by atoms with Gasteiger partial charge in [-0.2, -0.15) is 0 Å². The highest BCUT2D eigenvalue weighted by atomic mass is 35.5. The Hall–Kier alpha value is -2.04. The summed E-state index contributed by atoms with van der Waals surface area (Å²) in [6, 6.07) is 12.7. The van der Waals surface area contributed by atoms with Gasteiger partial charge in [-0.05, 0) is 45.0 Å². The van der Waals surface area contributed by atoms with Crippen LogP contribution < -0.4 is 15.4 Å². The van der Waals surface area contributed by atoms with E-state index in [-0.39, 0.29) is 18.0 Å². The molecule has 1 amide bonds. The van der Waals surface area contributed by atoms with Gasteiger partial charge >= 0.3 is 0 Å². The van der Waals surface area contributed by atoms with Crippen molar-refractivity contribution in [2.24, 2.45) is 0 Å². The smallest absolute Gasteiger partial charge is 0.241 e. The molecule has 0 aromatic heterocycles. The maximum Gasteiger partial charge on any atom is 0.241 e. The maximum atomic E-state index is 12.4. The first-order valence-corrected chi connectivity index (χ1v) is 8.25. The molecule has 5 heteroatoms. The van der Waals surface area contributed by atoms with Crippen LogP contribution in [0, 0.1) is 6.92 Å². The van der Waals surface area contributed by atoms with Crippen LogP contribution in [0.5, 0.6) is 5.75 Å². The largest absolute Gasteiger partial charge is 0.496 e. The average Bonchev–Trinajstić information content (AvgIpc) is 2.54. The number of carbonyl (C=O) groups is 1. The predicted octanol–water partition coefficient (Wildman–Crippen LogP) is 4.33. The minimum atomic E-state index is -0.371. The van der Waals surface area contributed by atoms with E-state index in [1.54, 1.807) is 25.3 Å². The molecule has 0 aliphatic rings. The second kappa shape index (κ2) is 8.18. The lowest BCUT2D eigenvalue weighted by atomic mass is 10.0. The molecule has 2 aromatic rings. The van der Waals surface area contributed by atoms with Gasteiger partial charge in [0.15, 0.2) is 0 Å². The fourth-order valence-electron chi connectivity index (χ4n) is 2.55. The normalized spacial score (nSPS) is 13.2. The van der Waals surface area contributed by atoms with Crippen LogP contribution in [-0.2, 0) is 4.79 Å². The van der Waals surface area contributed by atoms with Crippen molar-refractivity contribution >= 4 is 23.2 Å². The lowest BCUT2D eigenvalue weighted by Gasteiger charge is -2.22. The fraction of sp³-hybridized carbons (Fsp3) is 0.316. The molecule has 2 atom stereocenters. The van der Waals surface area contributed by atoms with Gasteiger partial charge in [0.25, 0.3) is 0 Å². The van der Waals surface area contributed by atoms with Gasteiger partial charge in [-0.25, -0.2) is 0 Å².